The zero-order valence-corrected chi connectivity index (χ0v) is 12.0. The van der Waals surface area contributed by atoms with Crippen LogP contribution in [0.4, 0.5) is 0 Å². The number of benzene rings is 1. The lowest BCUT2D eigenvalue weighted by molar-refractivity contribution is 0.402. The number of hydrogen-bond donors (Lipinski definition) is 1. The summed E-state index contributed by atoms with van der Waals surface area (Å²) in [5, 5.41) is 0. The quantitative estimate of drug-likeness (QED) is 0.867. The van der Waals surface area contributed by atoms with Crippen molar-refractivity contribution >= 4 is 27.8 Å². The molecule has 0 saturated heterocycles. The molecule has 3 nitrogen and oxygen atoms in total. The molecule has 1 rings (SSSR count). The summed E-state index contributed by atoms with van der Waals surface area (Å²) in [6.45, 7) is 0.932. The van der Waals surface area contributed by atoms with Crippen LogP contribution in [0.1, 0.15) is 11.1 Å². The van der Waals surface area contributed by atoms with Gasteiger partial charge in [-0.3, -0.25) is 4.99 Å². The van der Waals surface area contributed by atoms with Crippen molar-refractivity contribution in [2.24, 2.45) is 10.7 Å². The van der Waals surface area contributed by atoms with Gasteiger partial charge in [0.1, 0.15) is 0 Å². The van der Waals surface area contributed by atoms with Crippen molar-refractivity contribution in [1.82, 2.24) is 4.90 Å². The van der Waals surface area contributed by atoms with Gasteiger partial charge >= 0.3 is 0 Å². The first-order valence-electron chi connectivity index (χ1n) is 5.36. The normalized spacial score (nSPS) is 13.2. The molecule has 0 bridgehead atoms. The van der Waals surface area contributed by atoms with Gasteiger partial charge in [-0.25, -0.2) is 0 Å². The molecule has 0 aromatic heterocycles. The van der Waals surface area contributed by atoms with E-state index in [2.05, 4.69) is 52.1 Å². The molecule has 17 heavy (non-hydrogen) atoms. The molecular weight excluding hydrogens is 278 g/mol. The maximum Gasteiger partial charge on any atom is 0.0589 e. The van der Waals surface area contributed by atoms with Crippen molar-refractivity contribution in [1.29, 1.82) is 0 Å². The van der Waals surface area contributed by atoms with Crippen LogP contribution in [0.2, 0.25) is 0 Å². The maximum atomic E-state index is 6.01. The number of nitrogens with two attached hydrogens (primary N) is 1. The van der Waals surface area contributed by atoms with Crippen LogP contribution in [-0.4, -0.2) is 32.3 Å². The summed E-state index contributed by atoms with van der Waals surface area (Å²) in [4.78, 5) is 6.06. The minimum atomic E-state index is 0.701. The molecule has 0 amide bonds. The van der Waals surface area contributed by atoms with Crippen LogP contribution in [0.25, 0.3) is 5.70 Å². The van der Waals surface area contributed by atoms with Crippen molar-refractivity contribution in [3.05, 3.63) is 39.9 Å². The Kier molecular flexibility index (Phi) is 5.38. The SMILES string of the molecule is CN=CC(Br)=C(N)c1ccc(CN(C)C)cc1. The molecule has 0 atom stereocenters. The maximum absolute atomic E-state index is 6.01. The number of rotatable bonds is 4. The van der Waals surface area contributed by atoms with Crippen molar-refractivity contribution in [3.63, 3.8) is 0 Å². The van der Waals surface area contributed by atoms with E-state index in [4.69, 9.17) is 5.73 Å². The largest absolute Gasteiger partial charge is 0.397 e. The highest BCUT2D eigenvalue weighted by atomic mass is 79.9. The van der Waals surface area contributed by atoms with E-state index >= 15 is 0 Å². The number of hydrogen-bond acceptors (Lipinski definition) is 3. The summed E-state index contributed by atoms with van der Waals surface area (Å²) in [6, 6.07) is 8.23. The summed E-state index contributed by atoms with van der Waals surface area (Å²) < 4.78 is 0.806. The molecule has 0 unspecified atom stereocenters. The first-order chi connectivity index (χ1) is 8.04. The zero-order chi connectivity index (χ0) is 12.8. The first-order valence-corrected chi connectivity index (χ1v) is 6.15. The predicted octanol–water partition coefficient (Wildman–Crippen LogP) is 2.47. The Hall–Kier alpha value is -1.13. The average Bonchev–Trinajstić information content (AvgIpc) is 2.28. The van der Waals surface area contributed by atoms with Gasteiger partial charge in [0.05, 0.1) is 10.2 Å². The third-order valence-electron chi connectivity index (χ3n) is 2.26. The minimum Gasteiger partial charge on any atom is -0.397 e. The van der Waals surface area contributed by atoms with Gasteiger partial charge in [0.2, 0.25) is 0 Å². The summed E-state index contributed by atoms with van der Waals surface area (Å²) in [6.07, 6.45) is 1.70. The number of aliphatic imine (C=N–C) groups is 1. The second-order valence-electron chi connectivity index (χ2n) is 4.08. The van der Waals surface area contributed by atoms with Crippen LogP contribution in [0.3, 0.4) is 0 Å². The van der Waals surface area contributed by atoms with Crippen LogP contribution >= 0.6 is 15.9 Å². The van der Waals surface area contributed by atoms with E-state index in [0.717, 1.165) is 16.6 Å². The summed E-state index contributed by atoms with van der Waals surface area (Å²) in [5.74, 6) is 0. The highest BCUT2D eigenvalue weighted by Crippen LogP contribution is 2.17. The molecule has 0 aliphatic rings. The molecule has 0 spiro atoms. The van der Waals surface area contributed by atoms with Crippen LogP contribution in [-0.2, 0) is 6.54 Å². The van der Waals surface area contributed by atoms with Gasteiger partial charge in [-0.1, -0.05) is 24.3 Å². The Bertz CT molecular complexity index is 419. The lowest BCUT2D eigenvalue weighted by Crippen LogP contribution is -2.10. The van der Waals surface area contributed by atoms with Gasteiger partial charge in [0.15, 0.2) is 0 Å². The van der Waals surface area contributed by atoms with Gasteiger partial charge in [-0.2, -0.15) is 0 Å². The Morgan fingerprint density at radius 3 is 2.41 bits per heavy atom. The van der Waals surface area contributed by atoms with E-state index in [1.165, 1.54) is 5.56 Å². The Morgan fingerprint density at radius 1 is 1.35 bits per heavy atom. The van der Waals surface area contributed by atoms with Gasteiger partial charge in [0, 0.05) is 19.8 Å². The summed E-state index contributed by atoms with van der Waals surface area (Å²) >= 11 is 3.40. The Balaban J connectivity index is 2.91. The van der Waals surface area contributed by atoms with Gasteiger partial charge in [-0.05, 0) is 41.2 Å². The monoisotopic (exact) mass is 295 g/mol. The van der Waals surface area contributed by atoms with E-state index < -0.39 is 0 Å². The lowest BCUT2D eigenvalue weighted by atomic mass is 10.1. The van der Waals surface area contributed by atoms with E-state index in [-0.39, 0.29) is 0 Å². The molecule has 4 heteroatoms. The van der Waals surface area contributed by atoms with Crippen LogP contribution < -0.4 is 5.73 Å². The summed E-state index contributed by atoms with van der Waals surface area (Å²) in [7, 11) is 5.82. The van der Waals surface area contributed by atoms with Crippen LogP contribution in [0.5, 0.6) is 0 Å². The Labute approximate surface area is 111 Å². The molecular formula is C13H18BrN3. The fourth-order valence-electron chi connectivity index (χ4n) is 1.48. The van der Waals surface area contributed by atoms with Gasteiger partial charge in [0.25, 0.3) is 0 Å². The second kappa shape index (κ2) is 6.57. The predicted molar refractivity (Wildman–Crippen MR) is 78.3 cm³/mol. The smallest absolute Gasteiger partial charge is 0.0589 e. The Morgan fingerprint density at radius 2 is 1.94 bits per heavy atom. The lowest BCUT2D eigenvalue weighted by Gasteiger charge is -2.10. The van der Waals surface area contributed by atoms with Crippen molar-refractivity contribution in [2.45, 2.75) is 6.54 Å². The molecule has 0 aliphatic carbocycles. The highest BCUT2D eigenvalue weighted by molar-refractivity contribution is 9.12. The molecule has 0 saturated carbocycles. The van der Waals surface area contributed by atoms with Crippen LogP contribution in [0.15, 0.2) is 33.7 Å². The van der Waals surface area contributed by atoms with Gasteiger partial charge in [-0.15, -0.1) is 0 Å². The van der Waals surface area contributed by atoms with E-state index in [1.54, 1.807) is 13.3 Å². The molecule has 0 aliphatic heterocycles. The molecule has 0 heterocycles. The standard InChI is InChI=1S/C13H18BrN3/c1-16-8-12(14)13(15)11-6-4-10(5-7-11)9-17(2)3/h4-8H,9,15H2,1-3H3. The summed E-state index contributed by atoms with van der Waals surface area (Å²) in [5.41, 5.74) is 8.98. The fourth-order valence-corrected chi connectivity index (χ4v) is 1.91. The number of halogens is 1. The first kappa shape index (κ1) is 13.9. The second-order valence-corrected chi connectivity index (χ2v) is 4.94. The molecule has 1 aromatic carbocycles. The highest BCUT2D eigenvalue weighted by Gasteiger charge is 2.02. The van der Waals surface area contributed by atoms with E-state index in [1.807, 2.05) is 12.1 Å². The van der Waals surface area contributed by atoms with E-state index in [0.29, 0.717) is 5.70 Å². The third kappa shape index (κ3) is 4.32. The minimum absolute atomic E-state index is 0.701. The topological polar surface area (TPSA) is 41.6 Å². The molecule has 2 N–H and O–H groups in total. The van der Waals surface area contributed by atoms with Crippen molar-refractivity contribution in [3.8, 4) is 0 Å². The van der Waals surface area contributed by atoms with Gasteiger partial charge < -0.3 is 10.6 Å². The third-order valence-corrected chi connectivity index (χ3v) is 2.90. The zero-order valence-electron chi connectivity index (χ0n) is 10.4. The molecule has 92 valence electrons. The molecule has 1 aromatic rings. The van der Waals surface area contributed by atoms with Crippen molar-refractivity contribution in [2.75, 3.05) is 21.1 Å². The number of nitrogens with zero attached hydrogens (tertiary/aromatic N) is 2. The van der Waals surface area contributed by atoms with Crippen molar-refractivity contribution < 1.29 is 0 Å². The van der Waals surface area contributed by atoms with E-state index in [9.17, 15) is 0 Å². The molecule has 0 fully saturated rings. The number of allylic oxidation sites excluding steroid dienone is 1. The fraction of sp³-hybridized carbons (Fsp3) is 0.308. The van der Waals surface area contributed by atoms with Crippen LogP contribution in [0, 0.1) is 0 Å². The average molecular weight is 296 g/mol. The molecule has 0 radical (unpaired) electrons.